The molecule has 0 amide bonds. The third-order valence-electron chi connectivity index (χ3n) is 5.93. The molecule has 0 radical (unpaired) electrons. The van der Waals surface area contributed by atoms with E-state index >= 15 is 0 Å². The molecule has 6 nitrogen and oxygen atoms in total. The van der Waals surface area contributed by atoms with Crippen molar-refractivity contribution in [2.75, 3.05) is 19.6 Å². The zero-order valence-electron chi connectivity index (χ0n) is 17.3. The molecule has 1 saturated heterocycles. The number of H-pyrrole nitrogens is 1. The molecule has 0 aliphatic carbocycles. The predicted octanol–water partition coefficient (Wildman–Crippen LogP) is 3.92. The Bertz CT molecular complexity index is 1220. The fourth-order valence-electron chi connectivity index (χ4n) is 4.40. The van der Waals surface area contributed by atoms with E-state index in [0.29, 0.717) is 23.4 Å². The van der Waals surface area contributed by atoms with Crippen molar-refractivity contribution >= 4 is 11.0 Å². The van der Waals surface area contributed by atoms with Gasteiger partial charge < -0.3 is 10.4 Å². The fourth-order valence-corrected chi connectivity index (χ4v) is 4.40. The van der Waals surface area contributed by atoms with Crippen LogP contribution in [0.2, 0.25) is 0 Å². The number of aromatic amines is 1. The van der Waals surface area contributed by atoms with Crippen LogP contribution in [0.3, 0.4) is 0 Å². The summed E-state index contributed by atoms with van der Waals surface area (Å²) >= 11 is 0. The maximum absolute atomic E-state index is 14.6. The molecule has 0 bridgehead atoms. The summed E-state index contributed by atoms with van der Waals surface area (Å²) in [6, 6.07) is 16.8. The SMILES string of the molecule is Cc1[nH]nc2nc(-c3ccc(O)cc3F)cc(CN3CCNCC3c3ccccc3)c12. The number of halogens is 1. The van der Waals surface area contributed by atoms with E-state index < -0.39 is 5.82 Å². The van der Waals surface area contributed by atoms with E-state index in [9.17, 15) is 9.50 Å². The van der Waals surface area contributed by atoms with Crippen LogP contribution in [0.25, 0.3) is 22.3 Å². The summed E-state index contributed by atoms with van der Waals surface area (Å²) < 4.78 is 14.6. The summed E-state index contributed by atoms with van der Waals surface area (Å²) in [4.78, 5) is 7.04. The maximum atomic E-state index is 14.6. The van der Waals surface area contributed by atoms with Gasteiger partial charge >= 0.3 is 0 Å². The molecular formula is C24H24FN5O. The van der Waals surface area contributed by atoms with E-state index in [4.69, 9.17) is 0 Å². The lowest BCUT2D eigenvalue weighted by Crippen LogP contribution is -2.45. The number of hydrogen-bond acceptors (Lipinski definition) is 5. The highest BCUT2D eigenvalue weighted by molar-refractivity contribution is 5.84. The lowest BCUT2D eigenvalue weighted by Gasteiger charge is -2.36. The van der Waals surface area contributed by atoms with Crippen LogP contribution in [-0.4, -0.2) is 44.8 Å². The topological polar surface area (TPSA) is 77.1 Å². The molecule has 0 saturated carbocycles. The summed E-state index contributed by atoms with van der Waals surface area (Å²) in [5, 5.41) is 21.4. The largest absolute Gasteiger partial charge is 0.508 e. The van der Waals surface area contributed by atoms with Gasteiger partial charge in [0.15, 0.2) is 5.65 Å². The van der Waals surface area contributed by atoms with Crippen molar-refractivity contribution in [2.45, 2.75) is 19.5 Å². The highest BCUT2D eigenvalue weighted by atomic mass is 19.1. The van der Waals surface area contributed by atoms with E-state index in [-0.39, 0.29) is 11.8 Å². The molecule has 1 unspecified atom stereocenters. The standard InChI is InChI=1S/C24H24FN5O/c1-15-23-17(14-30-10-9-26-13-22(30)16-5-3-2-4-6-16)11-21(27-24(23)29-28-15)19-8-7-18(31)12-20(19)25/h2-8,11-12,22,26,31H,9-10,13-14H2,1H3,(H,27,28,29). The summed E-state index contributed by atoms with van der Waals surface area (Å²) in [6.07, 6.45) is 0. The molecule has 3 N–H and O–H groups in total. The van der Waals surface area contributed by atoms with Crippen molar-refractivity contribution in [1.82, 2.24) is 25.4 Å². The third kappa shape index (κ3) is 3.78. The minimum Gasteiger partial charge on any atom is -0.508 e. The Labute approximate surface area is 179 Å². The number of piperazine rings is 1. The van der Waals surface area contributed by atoms with Crippen LogP contribution in [0.15, 0.2) is 54.6 Å². The van der Waals surface area contributed by atoms with Gasteiger partial charge in [0.25, 0.3) is 0 Å². The molecule has 2 aromatic carbocycles. The molecule has 3 heterocycles. The minimum absolute atomic E-state index is 0.107. The number of benzene rings is 2. The molecule has 1 atom stereocenters. The molecule has 31 heavy (non-hydrogen) atoms. The second kappa shape index (κ2) is 8.09. The minimum atomic E-state index is -0.505. The molecule has 1 aliphatic rings. The van der Waals surface area contributed by atoms with Crippen molar-refractivity contribution in [3.05, 3.63) is 77.2 Å². The summed E-state index contributed by atoms with van der Waals surface area (Å²) in [5.74, 6) is -0.612. The number of phenols is 1. The Kier molecular flexibility index (Phi) is 5.13. The highest BCUT2D eigenvalue weighted by Crippen LogP contribution is 2.31. The smallest absolute Gasteiger partial charge is 0.182 e. The summed E-state index contributed by atoms with van der Waals surface area (Å²) in [5.41, 5.74) is 4.71. The van der Waals surface area contributed by atoms with E-state index in [1.54, 1.807) is 6.07 Å². The van der Waals surface area contributed by atoms with Crippen molar-refractivity contribution < 1.29 is 9.50 Å². The van der Waals surface area contributed by atoms with Gasteiger partial charge in [-0.3, -0.25) is 10.00 Å². The van der Waals surface area contributed by atoms with Gasteiger partial charge in [-0.05, 0) is 36.2 Å². The molecule has 1 aliphatic heterocycles. The number of aromatic nitrogens is 3. The van der Waals surface area contributed by atoms with E-state index in [2.05, 4.69) is 49.7 Å². The first-order chi connectivity index (χ1) is 15.1. The van der Waals surface area contributed by atoms with Gasteiger partial charge in [-0.15, -0.1) is 0 Å². The molecule has 4 aromatic rings. The monoisotopic (exact) mass is 417 g/mol. The number of aromatic hydroxyl groups is 1. The van der Waals surface area contributed by atoms with E-state index in [0.717, 1.165) is 42.3 Å². The summed E-state index contributed by atoms with van der Waals surface area (Å²) in [6.45, 7) is 5.38. The number of hydrogen-bond donors (Lipinski definition) is 3. The molecule has 5 rings (SSSR count). The van der Waals surface area contributed by atoms with Crippen LogP contribution in [0, 0.1) is 12.7 Å². The summed E-state index contributed by atoms with van der Waals surface area (Å²) in [7, 11) is 0. The average molecular weight is 417 g/mol. The first kappa shape index (κ1) is 19.7. The van der Waals surface area contributed by atoms with Crippen LogP contribution in [0.4, 0.5) is 4.39 Å². The number of nitrogens with zero attached hydrogens (tertiary/aromatic N) is 3. The Morgan fingerprint density at radius 2 is 2.00 bits per heavy atom. The second-order valence-electron chi connectivity index (χ2n) is 7.98. The number of aryl methyl sites for hydroxylation is 1. The molecular weight excluding hydrogens is 393 g/mol. The lowest BCUT2D eigenvalue weighted by molar-refractivity contribution is 0.154. The molecule has 7 heteroatoms. The van der Waals surface area contributed by atoms with Gasteiger partial charge in [-0.1, -0.05) is 30.3 Å². The lowest BCUT2D eigenvalue weighted by atomic mass is 10.0. The number of nitrogens with one attached hydrogen (secondary N) is 2. The fraction of sp³-hybridized carbons (Fsp3) is 0.250. The van der Waals surface area contributed by atoms with Gasteiger partial charge in [-0.2, -0.15) is 5.10 Å². The first-order valence-electron chi connectivity index (χ1n) is 10.4. The Hall–Kier alpha value is -3.29. The number of fused-ring (bicyclic) bond motifs is 1. The first-order valence-corrected chi connectivity index (χ1v) is 10.4. The molecule has 0 spiro atoms. The Balaban J connectivity index is 1.57. The van der Waals surface area contributed by atoms with Gasteiger partial charge in [0, 0.05) is 54.9 Å². The van der Waals surface area contributed by atoms with Crippen molar-refractivity contribution in [3.63, 3.8) is 0 Å². The quantitative estimate of drug-likeness (QED) is 0.469. The average Bonchev–Trinajstić information content (AvgIpc) is 3.16. The Morgan fingerprint density at radius 1 is 1.16 bits per heavy atom. The number of phenolic OH excluding ortho intramolecular Hbond substituents is 1. The van der Waals surface area contributed by atoms with E-state index in [1.807, 2.05) is 19.1 Å². The van der Waals surface area contributed by atoms with Crippen molar-refractivity contribution in [2.24, 2.45) is 0 Å². The maximum Gasteiger partial charge on any atom is 0.182 e. The van der Waals surface area contributed by atoms with Gasteiger partial charge in [0.1, 0.15) is 11.6 Å². The molecule has 158 valence electrons. The van der Waals surface area contributed by atoms with Crippen molar-refractivity contribution in [3.8, 4) is 17.0 Å². The van der Waals surface area contributed by atoms with E-state index in [1.165, 1.54) is 11.6 Å². The predicted molar refractivity (Wildman–Crippen MR) is 118 cm³/mol. The van der Waals surface area contributed by atoms with Crippen LogP contribution >= 0.6 is 0 Å². The normalized spacial score (nSPS) is 17.3. The van der Waals surface area contributed by atoms with Gasteiger partial charge in [0.05, 0.1) is 5.69 Å². The zero-order valence-corrected chi connectivity index (χ0v) is 17.3. The third-order valence-corrected chi connectivity index (χ3v) is 5.93. The second-order valence-corrected chi connectivity index (χ2v) is 7.98. The van der Waals surface area contributed by atoms with Crippen molar-refractivity contribution in [1.29, 1.82) is 0 Å². The van der Waals surface area contributed by atoms with Gasteiger partial charge in [0.2, 0.25) is 0 Å². The highest BCUT2D eigenvalue weighted by Gasteiger charge is 2.25. The molecule has 1 fully saturated rings. The number of pyridine rings is 1. The van der Waals surface area contributed by atoms with Gasteiger partial charge in [-0.25, -0.2) is 9.37 Å². The zero-order chi connectivity index (χ0) is 21.4. The van der Waals surface area contributed by atoms with Crippen LogP contribution in [-0.2, 0) is 6.54 Å². The number of rotatable bonds is 4. The van der Waals surface area contributed by atoms with Crippen LogP contribution in [0.5, 0.6) is 5.75 Å². The molecule has 2 aromatic heterocycles. The van der Waals surface area contributed by atoms with Crippen LogP contribution < -0.4 is 5.32 Å². The van der Waals surface area contributed by atoms with Crippen LogP contribution in [0.1, 0.15) is 22.9 Å². The Morgan fingerprint density at radius 3 is 2.81 bits per heavy atom.